The molecule has 0 amide bonds. The molecule has 0 radical (unpaired) electrons. The lowest BCUT2D eigenvalue weighted by Crippen LogP contribution is -2.36. The van der Waals surface area contributed by atoms with Gasteiger partial charge in [-0.3, -0.25) is 4.99 Å². The van der Waals surface area contributed by atoms with Crippen LogP contribution < -0.4 is 10.6 Å². The van der Waals surface area contributed by atoms with Crippen LogP contribution in [0.2, 0.25) is 0 Å². The Morgan fingerprint density at radius 3 is 2.58 bits per heavy atom. The van der Waals surface area contributed by atoms with Crippen molar-refractivity contribution >= 4 is 40.9 Å². The molecule has 0 fully saturated rings. The second-order valence-corrected chi connectivity index (χ2v) is 5.16. The first-order valence-electron chi connectivity index (χ1n) is 7.41. The number of furan rings is 1. The third-order valence-corrected chi connectivity index (χ3v) is 3.48. The molecule has 126 valence electrons. The van der Waals surface area contributed by atoms with Gasteiger partial charge in [-0.25, -0.2) is 4.39 Å². The number of hydrogen-bond donors (Lipinski definition) is 2. The molecular weight excluding hydrogens is 420 g/mol. The van der Waals surface area contributed by atoms with Crippen molar-refractivity contribution in [3.8, 4) is 0 Å². The van der Waals surface area contributed by atoms with Crippen LogP contribution >= 0.6 is 24.0 Å². The molecule has 6 heteroatoms. The molecular formula is C18H19FIN3O. The van der Waals surface area contributed by atoms with E-state index in [1.807, 2.05) is 36.4 Å². The Morgan fingerprint density at radius 1 is 1.04 bits per heavy atom. The van der Waals surface area contributed by atoms with E-state index in [4.69, 9.17) is 4.42 Å². The first-order chi connectivity index (χ1) is 11.2. The highest BCUT2D eigenvalue weighted by Gasteiger charge is 2.04. The molecule has 0 aliphatic rings. The maximum absolute atomic E-state index is 13.2. The summed E-state index contributed by atoms with van der Waals surface area (Å²) in [6.45, 7) is 1.02. The van der Waals surface area contributed by atoms with Crippen molar-refractivity contribution in [1.29, 1.82) is 0 Å². The van der Waals surface area contributed by atoms with Gasteiger partial charge in [0.05, 0.1) is 6.54 Å². The van der Waals surface area contributed by atoms with Crippen LogP contribution in [0.15, 0.2) is 64.0 Å². The van der Waals surface area contributed by atoms with Crippen molar-refractivity contribution in [1.82, 2.24) is 10.6 Å². The number of para-hydroxylation sites is 1. The number of fused-ring (bicyclic) bond motifs is 1. The third-order valence-electron chi connectivity index (χ3n) is 3.48. The molecule has 3 rings (SSSR count). The number of hydrogen-bond acceptors (Lipinski definition) is 2. The van der Waals surface area contributed by atoms with Gasteiger partial charge in [0.15, 0.2) is 5.96 Å². The summed E-state index contributed by atoms with van der Waals surface area (Å²) in [5, 5.41) is 7.41. The molecule has 0 saturated heterocycles. The molecule has 0 aliphatic heterocycles. The first-order valence-corrected chi connectivity index (χ1v) is 7.41. The average molecular weight is 439 g/mol. The Bertz CT molecular complexity index is 799. The summed E-state index contributed by atoms with van der Waals surface area (Å²) in [4.78, 5) is 4.15. The van der Waals surface area contributed by atoms with Crippen molar-refractivity contribution < 1.29 is 8.81 Å². The van der Waals surface area contributed by atoms with Crippen LogP contribution in [-0.4, -0.2) is 13.0 Å². The standard InChI is InChI=1S/C18H18FN3O.HI/c1-20-18(21-11-13-5-4-7-15(19)9-13)22-12-16-10-14-6-2-3-8-17(14)23-16;/h2-10H,11-12H2,1H3,(H2,20,21,22);1H. The first kappa shape index (κ1) is 18.3. The zero-order valence-electron chi connectivity index (χ0n) is 13.3. The van der Waals surface area contributed by atoms with Crippen molar-refractivity contribution in [2.75, 3.05) is 7.05 Å². The molecule has 0 bridgehead atoms. The second-order valence-electron chi connectivity index (χ2n) is 5.16. The summed E-state index contributed by atoms with van der Waals surface area (Å²) in [7, 11) is 1.69. The molecule has 3 aromatic rings. The summed E-state index contributed by atoms with van der Waals surface area (Å²) in [5.41, 5.74) is 1.73. The molecule has 1 heterocycles. The highest BCUT2D eigenvalue weighted by Crippen LogP contribution is 2.18. The van der Waals surface area contributed by atoms with Crippen LogP contribution in [-0.2, 0) is 13.1 Å². The van der Waals surface area contributed by atoms with Crippen LogP contribution in [0.25, 0.3) is 11.0 Å². The van der Waals surface area contributed by atoms with Crippen molar-refractivity contribution in [3.05, 3.63) is 71.7 Å². The maximum Gasteiger partial charge on any atom is 0.191 e. The van der Waals surface area contributed by atoms with Gasteiger partial charge in [0.1, 0.15) is 17.2 Å². The Morgan fingerprint density at radius 2 is 1.83 bits per heavy atom. The molecule has 0 saturated carbocycles. The fraction of sp³-hybridized carbons (Fsp3) is 0.167. The van der Waals surface area contributed by atoms with E-state index in [2.05, 4.69) is 15.6 Å². The van der Waals surface area contributed by atoms with E-state index < -0.39 is 0 Å². The van der Waals surface area contributed by atoms with Gasteiger partial charge in [0, 0.05) is 19.0 Å². The highest BCUT2D eigenvalue weighted by molar-refractivity contribution is 14.0. The number of nitrogens with one attached hydrogen (secondary N) is 2. The predicted octanol–water partition coefficient (Wildman–Crippen LogP) is 4.06. The number of guanidine groups is 1. The fourth-order valence-corrected chi connectivity index (χ4v) is 2.35. The number of benzene rings is 2. The Balaban J connectivity index is 0.00000208. The number of nitrogens with zero attached hydrogens (tertiary/aromatic N) is 1. The van der Waals surface area contributed by atoms with Gasteiger partial charge in [-0.15, -0.1) is 24.0 Å². The summed E-state index contributed by atoms with van der Waals surface area (Å²) >= 11 is 0. The normalized spacial score (nSPS) is 11.2. The van der Waals surface area contributed by atoms with Crippen LogP contribution in [0.4, 0.5) is 4.39 Å². The van der Waals surface area contributed by atoms with E-state index in [0.717, 1.165) is 22.3 Å². The van der Waals surface area contributed by atoms with Gasteiger partial charge in [-0.2, -0.15) is 0 Å². The molecule has 0 aliphatic carbocycles. The minimum atomic E-state index is -0.241. The molecule has 1 aromatic heterocycles. The van der Waals surface area contributed by atoms with Gasteiger partial charge in [-0.05, 0) is 29.8 Å². The van der Waals surface area contributed by atoms with E-state index in [0.29, 0.717) is 19.0 Å². The minimum absolute atomic E-state index is 0. The molecule has 24 heavy (non-hydrogen) atoms. The highest BCUT2D eigenvalue weighted by atomic mass is 127. The van der Waals surface area contributed by atoms with Crippen molar-refractivity contribution in [2.45, 2.75) is 13.1 Å². The zero-order valence-corrected chi connectivity index (χ0v) is 15.6. The van der Waals surface area contributed by atoms with E-state index in [-0.39, 0.29) is 29.8 Å². The number of rotatable bonds is 4. The van der Waals surface area contributed by atoms with Crippen LogP contribution in [0.5, 0.6) is 0 Å². The van der Waals surface area contributed by atoms with Gasteiger partial charge >= 0.3 is 0 Å². The van der Waals surface area contributed by atoms with E-state index in [1.165, 1.54) is 12.1 Å². The Hall–Kier alpha value is -2.09. The largest absolute Gasteiger partial charge is 0.459 e. The molecule has 0 spiro atoms. The van der Waals surface area contributed by atoms with Crippen LogP contribution in [0.1, 0.15) is 11.3 Å². The number of aliphatic imine (C=N–C) groups is 1. The molecule has 0 unspecified atom stereocenters. The lowest BCUT2D eigenvalue weighted by atomic mass is 10.2. The monoisotopic (exact) mass is 439 g/mol. The van der Waals surface area contributed by atoms with Crippen molar-refractivity contribution in [2.24, 2.45) is 4.99 Å². The fourth-order valence-electron chi connectivity index (χ4n) is 2.35. The van der Waals surface area contributed by atoms with Gasteiger partial charge in [-0.1, -0.05) is 30.3 Å². The van der Waals surface area contributed by atoms with Crippen LogP contribution in [0.3, 0.4) is 0 Å². The van der Waals surface area contributed by atoms with Gasteiger partial charge in [0.2, 0.25) is 0 Å². The smallest absolute Gasteiger partial charge is 0.191 e. The summed E-state index contributed by atoms with van der Waals surface area (Å²) < 4.78 is 18.9. The topological polar surface area (TPSA) is 49.6 Å². The van der Waals surface area contributed by atoms with Crippen molar-refractivity contribution in [3.63, 3.8) is 0 Å². The van der Waals surface area contributed by atoms with E-state index >= 15 is 0 Å². The Kier molecular flexibility index (Phi) is 6.60. The summed E-state index contributed by atoms with van der Waals surface area (Å²) in [6.07, 6.45) is 0. The molecule has 4 nitrogen and oxygen atoms in total. The quantitative estimate of drug-likeness (QED) is 0.367. The number of halogens is 2. The lowest BCUT2D eigenvalue weighted by molar-refractivity contribution is 0.538. The van der Waals surface area contributed by atoms with E-state index in [1.54, 1.807) is 13.1 Å². The second kappa shape index (κ2) is 8.68. The average Bonchev–Trinajstić information content (AvgIpc) is 2.98. The lowest BCUT2D eigenvalue weighted by Gasteiger charge is -2.11. The molecule has 0 atom stereocenters. The molecule has 2 aromatic carbocycles. The minimum Gasteiger partial charge on any atom is -0.459 e. The van der Waals surface area contributed by atoms with Gasteiger partial charge < -0.3 is 15.1 Å². The van der Waals surface area contributed by atoms with E-state index in [9.17, 15) is 4.39 Å². The zero-order chi connectivity index (χ0) is 16.1. The summed E-state index contributed by atoms with van der Waals surface area (Å²) in [6, 6.07) is 16.4. The van der Waals surface area contributed by atoms with Crippen LogP contribution in [0, 0.1) is 5.82 Å². The Labute approximate surface area is 157 Å². The predicted molar refractivity (Wildman–Crippen MR) is 105 cm³/mol. The molecule has 2 N–H and O–H groups in total. The maximum atomic E-state index is 13.2. The summed E-state index contributed by atoms with van der Waals surface area (Å²) in [5.74, 6) is 1.23. The third kappa shape index (κ3) is 4.70. The van der Waals surface area contributed by atoms with Gasteiger partial charge in [0.25, 0.3) is 0 Å². The SMILES string of the molecule is CN=C(NCc1cccc(F)c1)NCc1cc2ccccc2o1.I.